The first-order valence-electron chi connectivity index (χ1n) is 6.62. The molecule has 0 aromatic carbocycles. The van der Waals surface area contributed by atoms with Gasteiger partial charge in [0.25, 0.3) is 0 Å². The average Bonchev–Trinajstić information content (AvgIpc) is 2.34. The third-order valence-electron chi connectivity index (χ3n) is 3.42. The number of nitriles is 1. The van der Waals surface area contributed by atoms with Crippen LogP contribution in [-0.2, 0) is 0 Å². The number of pyridine rings is 1. The molecule has 0 aliphatic heterocycles. The van der Waals surface area contributed by atoms with Gasteiger partial charge in [0.2, 0.25) is 0 Å². The number of nitrogens with one attached hydrogen (secondary N) is 1. The van der Waals surface area contributed by atoms with Crippen molar-refractivity contribution in [1.82, 2.24) is 4.98 Å². The smallest absolute Gasteiger partial charge is 0.144 e. The second-order valence-electron chi connectivity index (χ2n) is 4.85. The molecule has 18 heavy (non-hydrogen) atoms. The summed E-state index contributed by atoms with van der Waals surface area (Å²) in [6.45, 7) is 0. The Morgan fingerprint density at radius 2 is 1.89 bits per heavy atom. The van der Waals surface area contributed by atoms with Gasteiger partial charge >= 0.3 is 0 Å². The van der Waals surface area contributed by atoms with E-state index in [2.05, 4.69) is 32.3 Å². The molecule has 1 aromatic heterocycles. The topological polar surface area (TPSA) is 48.7 Å². The summed E-state index contributed by atoms with van der Waals surface area (Å²) >= 11 is 3.34. The maximum absolute atomic E-state index is 9.12. The van der Waals surface area contributed by atoms with Gasteiger partial charge < -0.3 is 5.32 Å². The highest BCUT2D eigenvalue weighted by atomic mass is 79.9. The monoisotopic (exact) mass is 307 g/mol. The molecule has 1 saturated carbocycles. The molecule has 0 radical (unpaired) electrons. The zero-order chi connectivity index (χ0) is 12.8. The Bertz CT molecular complexity index is 431. The summed E-state index contributed by atoms with van der Waals surface area (Å²) in [5.41, 5.74) is 0.617. The fraction of sp³-hybridized carbons (Fsp3) is 0.571. The van der Waals surface area contributed by atoms with Gasteiger partial charge in [-0.2, -0.15) is 5.26 Å². The maximum atomic E-state index is 9.12. The zero-order valence-electron chi connectivity index (χ0n) is 10.5. The molecule has 1 N–H and O–H groups in total. The van der Waals surface area contributed by atoms with Crippen molar-refractivity contribution in [3.63, 3.8) is 0 Å². The van der Waals surface area contributed by atoms with E-state index < -0.39 is 0 Å². The van der Waals surface area contributed by atoms with Crippen LogP contribution >= 0.6 is 15.9 Å². The lowest BCUT2D eigenvalue weighted by Gasteiger charge is -2.22. The van der Waals surface area contributed by atoms with Crippen LogP contribution in [0.3, 0.4) is 0 Å². The van der Waals surface area contributed by atoms with E-state index in [0.29, 0.717) is 11.6 Å². The minimum Gasteiger partial charge on any atom is -0.366 e. The van der Waals surface area contributed by atoms with Crippen LogP contribution in [0.1, 0.15) is 50.5 Å². The molecule has 4 heteroatoms. The Labute approximate surface area is 117 Å². The molecular weight excluding hydrogens is 290 g/mol. The van der Waals surface area contributed by atoms with E-state index in [1.54, 1.807) is 6.20 Å². The quantitative estimate of drug-likeness (QED) is 0.889. The fourth-order valence-corrected chi connectivity index (χ4v) is 2.76. The predicted molar refractivity (Wildman–Crippen MR) is 76.4 cm³/mol. The molecule has 0 atom stereocenters. The summed E-state index contributed by atoms with van der Waals surface area (Å²) in [5.74, 6) is 0.728. The van der Waals surface area contributed by atoms with E-state index >= 15 is 0 Å². The summed E-state index contributed by atoms with van der Waals surface area (Å²) in [7, 11) is 0. The van der Waals surface area contributed by atoms with Crippen molar-refractivity contribution in [3.8, 4) is 6.07 Å². The van der Waals surface area contributed by atoms with Gasteiger partial charge in [-0.25, -0.2) is 4.98 Å². The summed E-state index contributed by atoms with van der Waals surface area (Å²) in [5, 5.41) is 12.6. The van der Waals surface area contributed by atoms with Crippen molar-refractivity contribution in [1.29, 1.82) is 5.26 Å². The van der Waals surface area contributed by atoms with Gasteiger partial charge in [-0.3, -0.25) is 0 Å². The highest BCUT2D eigenvalue weighted by molar-refractivity contribution is 9.10. The minimum absolute atomic E-state index is 0.464. The van der Waals surface area contributed by atoms with Crippen molar-refractivity contribution in [3.05, 3.63) is 22.3 Å². The van der Waals surface area contributed by atoms with E-state index in [4.69, 9.17) is 5.26 Å². The van der Waals surface area contributed by atoms with Crippen LogP contribution in [0.15, 0.2) is 16.7 Å². The second-order valence-corrected chi connectivity index (χ2v) is 5.76. The number of hydrogen-bond donors (Lipinski definition) is 1. The number of anilines is 1. The van der Waals surface area contributed by atoms with Crippen molar-refractivity contribution in [2.24, 2.45) is 0 Å². The van der Waals surface area contributed by atoms with Crippen LogP contribution < -0.4 is 5.32 Å². The summed E-state index contributed by atoms with van der Waals surface area (Å²) in [6, 6.07) is 4.48. The molecule has 1 aromatic rings. The first-order chi connectivity index (χ1) is 8.79. The third kappa shape index (κ3) is 3.71. The molecule has 0 bridgehead atoms. The Balaban J connectivity index is 2.05. The molecule has 0 saturated heterocycles. The van der Waals surface area contributed by atoms with Crippen LogP contribution in [0, 0.1) is 11.3 Å². The van der Waals surface area contributed by atoms with E-state index in [-0.39, 0.29) is 0 Å². The summed E-state index contributed by atoms with van der Waals surface area (Å²) < 4.78 is 0.849. The summed E-state index contributed by atoms with van der Waals surface area (Å²) in [6.07, 6.45) is 10.7. The predicted octanol–water partition coefficient (Wildman–Crippen LogP) is 4.24. The van der Waals surface area contributed by atoms with Crippen molar-refractivity contribution < 1.29 is 0 Å². The standard InChI is InChI=1S/C14H18BrN3/c15-12-8-11(9-16)14(17-10-12)18-13-6-4-2-1-3-5-7-13/h8,10,13H,1-7H2,(H,17,18). The van der Waals surface area contributed by atoms with Gasteiger partial charge in [0, 0.05) is 16.7 Å². The normalized spacial score (nSPS) is 17.6. The van der Waals surface area contributed by atoms with E-state index in [9.17, 15) is 0 Å². The lowest BCUT2D eigenvalue weighted by Crippen LogP contribution is -2.21. The highest BCUT2D eigenvalue weighted by Gasteiger charge is 2.13. The number of halogens is 1. The van der Waals surface area contributed by atoms with Crippen LogP contribution in [0.25, 0.3) is 0 Å². The number of aromatic nitrogens is 1. The number of hydrogen-bond acceptors (Lipinski definition) is 3. The third-order valence-corrected chi connectivity index (χ3v) is 3.85. The molecule has 3 nitrogen and oxygen atoms in total. The van der Waals surface area contributed by atoms with Gasteiger partial charge in [0.05, 0.1) is 5.56 Å². The van der Waals surface area contributed by atoms with Crippen LogP contribution in [0.5, 0.6) is 0 Å². The van der Waals surface area contributed by atoms with Crippen LogP contribution in [0.2, 0.25) is 0 Å². The highest BCUT2D eigenvalue weighted by Crippen LogP contribution is 2.23. The van der Waals surface area contributed by atoms with Crippen molar-refractivity contribution >= 4 is 21.7 Å². The SMILES string of the molecule is N#Cc1cc(Br)cnc1NC1CCCCCCC1. The molecule has 1 aliphatic carbocycles. The Morgan fingerprint density at radius 1 is 1.22 bits per heavy atom. The first kappa shape index (κ1) is 13.4. The molecule has 0 unspecified atom stereocenters. The van der Waals surface area contributed by atoms with Gasteiger partial charge in [-0.1, -0.05) is 32.1 Å². The molecule has 1 heterocycles. The van der Waals surface area contributed by atoms with Crippen molar-refractivity contribution in [2.75, 3.05) is 5.32 Å². The largest absolute Gasteiger partial charge is 0.366 e. The molecule has 0 spiro atoms. The Hall–Kier alpha value is -1.08. The summed E-state index contributed by atoms with van der Waals surface area (Å²) in [4.78, 5) is 4.32. The molecule has 1 aliphatic rings. The van der Waals surface area contributed by atoms with Gasteiger partial charge in [-0.15, -0.1) is 0 Å². The fourth-order valence-electron chi connectivity index (χ4n) is 2.43. The Morgan fingerprint density at radius 3 is 2.56 bits per heavy atom. The van der Waals surface area contributed by atoms with Crippen molar-refractivity contribution in [2.45, 2.75) is 51.0 Å². The van der Waals surface area contributed by atoms with Crippen LogP contribution in [0.4, 0.5) is 5.82 Å². The molecule has 1 fully saturated rings. The molecule has 0 amide bonds. The molecule has 96 valence electrons. The van der Waals surface area contributed by atoms with E-state index in [1.807, 2.05) is 6.07 Å². The van der Waals surface area contributed by atoms with Gasteiger partial charge in [0.15, 0.2) is 0 Å². The Kier molecular flexibility index (Phi) is 5.00. The average molecular weight is 308 g/mol. The number of rotatable bonds is 2. The lowest BCUT2D eigenvalue weighted by atomic mass is 9.96. The van der Waals surface area contributed by atoms with Gasteiger partial charge in [0.1, 0.15) is 11.9 Å². The van der Waals surface area contributed by atoms with Crippen LogP contribution in [-0.4, -0.2) is 11.0 Å². The maximum Gasteiger partial charge on any atom is 0.144 e. The minimum atomic E-state index is 0.464. The van der Waals surface area contributed by atoms with E-state index in [0.717, 1.165) is 10.3 Å². The molecular formula is C14H18BrN3. The zero-order valence-corrected chi connectivity index (χ0v) is 12.0. The number of nitrogens with zero attached hydrogens (tertiary/aromatic N) is 2. The molecule has 2 rings (SSSR count). The lowest BCUT2D eigenvalue weighted by molar-refractivity contribution is 0.470. The van der Waals surface area contributed by atoms with E-state index in [1.165, 1.54) is 44.9 Å². The van der Waals surface area contributed by atoms with Gasteiger partial charge in [-0.05, 0) is 34.8 Å². The second kappa shape index (κ2) is 6.75. The first-order valence-corrected chi connectivity index (χ1v) is 7.41.